The zero-order chi connectivity index (χ0) is 12.5. The van der Waals surface area contributed by atoms with Crippen molar-refractivity contribution in [2.75, 3.05) is 13.3 Å². The van der Waals surface area contributed by atoms with Gasteiger partial charge in [0.15, 0.2) is 5.60 Å². The van der Waals surface area contributed by atoms with E-state index in [1.165, 1.54) is 30.4 Å². The third kappa shape index (κ3) is 1.98. The Morgan fingerprint density at radius 3 is 2.65 bits per heavy atom. The third-order valence-corrected chi connectivity index (χ3v) is 2.54. The van der Waals surface area contributed by atoms with Crippen LogP contribution in [0, 0.1) is 10.1 Å². The summed E-state index contributed by atoms with van der Waals surface area (Å²) in [7, 11) is 0. The summed E-state index contributed by atoms with van der Waals surface area (Å²) in [5.41, 5.74) is -1.25. The summed E-state index contributed by atoms with van der Waals surface area (Å²) < 4.78 is 30.6. The summed E-state index contributed by atoms with van der Waals surface area (Å²) in [6.07, 6.45) is 2.68. The number of nitrogens with zero attached hydrogens (tertiary/aromatic N) is 1. The Bertz CT molecular complexity index is 484. The van der Waals surface area contributed by atoms with E-state index in [9.17, 15) is 18.9 Å². The van der Waals surface area contributed by atoms with Gasteiger partial charge in [-0.25, -0.2) is 8.78 Å². The number of fused-ring (bicyclic) bond motifs is 1. The van der Waals surface area contributed by atoms with Crippen molar-refractivity contribution in [2.24, 2.45) is 0 Å². The molecule has 1 aromatic carbocycles. The standard InChI is InChI=1S/C11H9F2NO3/c12-6-11(7-13)4-3-8-5-9(14(15)16)1-2-10(8)17-11/h1-5H,6-7H2. The van der Waals surface area contributed by atoms with Gasteiger partial charge in [0.25, 0.3) is 5.69 Å². The molecule has 0 atom stereocenters. The lowest BCUT2D eigenvalue weighted by Gasteiger charge is -2.29. The molecule has 0 bridgehead atoms. The average molecular weight is 241 g/mol. The SMILES string of the molecule is O=[N+]([O-])c1ccc2c(c1)C=CC(CF)(CF)O2. The van der Waals surface area contributed by atoms with E-state index in [0.29, 0.717) is 5.56 Å². The lowest BCUT2D eigenvalue weighted by Crippen LogP contribution is -2.40. The molecule has 4 nitrogen and oxygen atoms in total. The highest BCUT2D eigenvalue weighted by atomic mass is 19.1. The van der Waals surface area contributed by atoms with Gasteiger partial charge in [-0.05, 0) is 12.1 Å². The second-order valence-corrected chi connectivity index (χ2v) is 3.75. The van der Waals surface area contributed by atoms with Crippen LogP contribution in [0.2, 0.25) is 0 Å². The van der Waals surface area contributed by atoms with Crippen molar-refractivity contribution in [2.45, 2.75) is 5.60 Å². The molecule has 90 valence electrons. The quantitative estimate of drug-likeness (QED) is 0.603. The molecule has 0 saturated carbocycles. The van der Waals surface area contributed by atoms with Crippen LogP contribution in [0.1, 0.15) is 5.56 Å². The topological polar surface area (TPSA) is 52.4 Å². The highest BCUT2D eigenvalue weighted by Gasteiger charge is 2.33. The molecule has 0 aliphatic carbocycles. The van der Waals surface area contributed by atoms with E-state index >= 15 is 0 Å². The number of hydrogen-bond acceptors (Lipinski definition) is 3. The molecule has 0 fully saturated rings. The van der Waals surface area contributed by atoms with E-state index in [2.05, 4.69) is 0 Å². The summed E-state index contributed by atoms with van der Waals surface area (Å²) in [6.45, 7) is -1.98. The first-order valence-electron chi connectivity index (χ1n) is 4.89. The van der Waals surface area contributed by atoms with Crippen LogP contribution in [-0.2, 0) is 0 Å². The second kappa shape index (κ2) is 4.12. The van der Waals surface area contributed by atoms with E-state index in [0.717, 1.165) is 0 Å². The fourth-order valence-electron chi connectivity index (χ4n) is 1.55. The Morgan fingerprint density at radius 1 is 1.35 bits per heavy atom. The number of nitro groups is 1. The van der Waals surface area contributed by atoms with E-state index in [1.807, 2.05) is 0 Å². The van der Waals surface area contributed by atoms with Crippen LogP contribution in [0.25, 0.3) is 6.08 Å². The van der Waals surface area contributed by atoms with Crippen LogP contribution in [0.3, 0.4) is 0 Å². The summed E-state index contributed by atoms with van der Waals surface area (Å²) in [5.74, 6) is 0.244. The van der Waals surface area contributed by atoms with Crippen LogP contribution < -0.4 is 4.74 Å². The average Bonchev–Trinajstić information content (AvgIpc) is 2.37. The van der Waals surface area contributed by atoms with E-state index in [4.69, 9.17) is 4.74 Å². The van der Waals surface area contributed by atoms with Crippen LogP contribution in [0.5, 0.6) is 5.75 Å². The number of hydrogen-bond donors (Lipinski definition) is 0. The number of ether oxygens (including phenoxy) is 1. The Hall–Kier alpha value is -1.98. The van der Waals surface area contributed by atoms with Gasteiger partial charge < -0.3 is 4.74 Å². The first kappa shape index (κ1) is 11.5. The van der Waals surface area contributed by atoms with Crippen molar-refractivity contribution in [1.82, 2.24) is 0 Å². The van der Waals surface area contributed by atoms with Crippen molar-refractivity contribution in [3.05, 3.63) is 40.0 Å². The van der Waals surface area contributed by atoms with Crippen LogP contribution in [-0.4, -0.2) is 23.9 Å². The molecular formula is C11H9F2NO3. The van der Waals surface area contributed by atoms with Crippen molar-refractivity contribution >= 4 is 11.8 Å². The summed E-state index contributed by atoms with van der Waals surface area (Å²) in [5, 5.41) is 10.5. The Morgan fingerprint density at radius 2 is 2.06 bits per heavy atom. The minimum atomic E-state index is -1.59. The number of benzene rings is 1. The van der Waals surface area contributed by atoms with Gasteiger partial charge >= 0.3 is 0 Å². The number of nitro benzene ring substituents is 1. The Kier molecular flexibility index (Phi) is 2.79. The van der Waals surface area contributed by atoms with Gasteiger partial charge in [-0.1, -0.05) is 6.08 Å². The first-order valence-corrected chi connectivity index (χ1v) is 4.89. The van der Waals surface area contributed by atoms with Gasteiger partial charge in [0.2, 0.25) is 0 Å². The molecule has 1 aliphatic heterocycles. The smallest absolute Gasteiger partial charge is 0.270 e. The third-order valence-electron chi connectivity index (χ3n) is 2.54. The first-order chi connectivity index (χ1) is 8.10. The Labute approximate surface area is 95.7 Å². The predicted molar refractivity (Wildman–Crippen MR) is 57.4 cm³/mol. The monoisotopic (exact) mass is 241 g/mol. The molecule has 2 rings (SSSR count). The maximum Gasteiger partial charge on any atom is 0.270 e. The fourth-order valence-corrected chi connectivity index (χ4v) is 1.55. The fraction of sp³-hybridized carbons (Fsp3) is 0.273. The highest BCUT2D eigenvalue weighted by molar-refractivity contribution is 5.64. The van der Waals surface area contributed by atoms with Crippen molar-refractivity contribution in [3.8, 4) is 5.75 Å². The zero-order valence-corrected chi connectivity index (χ0v) is 8.73. The van der Waals surface area contributed by atoms with E-state index in [-0.39, 0.29) is 11.4 Å². The summed E-state index contributed by atoms with van der Waals surface area (Å²) in [4.78, 5) is 10.0. The molecule has 0 spiro atoms. The normalized spacial score (nSPS) is 16.1. The van der Waals surface area contributed by atoms with Gasteiger partial charge in [0.1, 0.15) is 19.1 Å². The molecule has 0 saturated heterocycles. The maximum absolute atomic E-state index is 12.7. The van der Waals surface area contributed by atoms with E-state index in [1.54, 1.807) is 0 Å². The van der Waals surface area contributed by atoms with Gasteiger partial charge in [-0.3, -0.25) is 10.1 Å². The lowest BCUT2D eigenvalue weighted by molar-refractivity contribution is -0.384. The zero-order valence-electron chi connectivity index (χ0n) is 8.73. The molecule has 17 heavy (non-hydrogen) atoms. The maximum atomic E-state index is 12.7. The molecule has 0 aromatic heterocycles. The number of rotatable bonds is 3. The predicted octanol–water partition coefficient (Wildman–Crippen LogP) is 2.68. The minimum absolute atomic E-state index is 0.0926. The Balaban J connectivity index is 2.39. The lowest BCUT2D eigenvalue weighted by atomic mass is 10.0. The van der Waals surface area contributed by atoms with Crippen molar-refractivity contribution < 1.29 is 18.4 Å². The van der Waals surface area contributed by atoms with Gasteiger partial charge in [0, 0.05) is 17.7 Å². The largest absolute Gasteiger partial charge is 0.477 e. The number of halogens is 2. The second-order valence-electron chi connectivity index (χ2n) is 3.75. The molecular weight excluding hydrogens is 232 g/mol. The van der Waals surface area contributed by atoms with Crippen LogP contribution in [0.4, 0.5) is 14.5 Å². The highest BCUT2D eigenvalue weighted by Crippen LogP contribution is 2.34. The number of alkyl halides is 2. The molecule has 6 heteroatoms. The molecule has 1 heterocycles. The van der Waals surface area contributed by atoms with Crippen LogP contribution in [0.15, 0.2) is 24.3 Å². The van der Waals surface area contributed by atoms with Crippen molar-refractivity contribution in [3.63, 3.8) is 0 Å². The minimum Gasteiger partial charge on any atom is -0.477 e. The molecule has 1 aromatic rings. The van der Waals surface area contributed by atoms with Crippen molar-refractivity contribution in [1.29, 1.82) is 0 Å². The van der Waals surface area contributed by atoms with Gasteiger partial charge in [-0.15, -0.1) is 0 Å². The summed E-state index contributed by atoms with van der Waals surface area (Å²) >= 11 is 0. The molecule has 0 unspecified atom stereocenters. The van der Waals surface area contributed by atoms with E-state index < -0.39 is 23.9 Å². The molecule has 0 N–H and O–H groups in total. The number of non-ortho nitro benzene ring substituents is 1. The van der Waals surface area contributed by atoms with Gasteiger partial charge in [-0.2, -0.15) is 0 Å². The molecule has 0 amide bonds. The van der Waals surface area contributed by atoms with Crippen LogP contribution >= 0.6 is 0 Å². The molecule has 0 radical (unpaired) electrons. The molecule has 1 aliphatic rings. The van der Waals surface area contributed by atoms with Gasteiger partial charge in [0.05, 0.1) is 4.92 Å². The summed E-state index contributed by atoms with van der Waals surface area (Å²) in [6, 6.07) is 3.88.